The van der Waals surface area contributed by atoms with E-state index in [1.165, 1.54) is 12.8 Å². The van der Waals surface area contributed by atoms with Crippen LogP contribution in [0.2, 0.25) is 0 Å². The number of rotatable bonds is 0. The fraction of sp³-hybridized carbons (Fsp3) is 0.600. The molecule has 4 nitrogen and oxygen atoms in total. The third-order valence-electron chi connectivity index (χ3n) is 4.62. The van der Waals surface area contributed by atoms with E-state index in [1.54, 1.807) is 0 Å². The molecule has 1 fully saturated rings. The number of hydrogen-bond donors (Lipinski definition) is 1. The van der Waals surface area contributed by atoms with Crippen LogP contribution in [0.3, 0.4) is 0 Å². The Kier molecular flexibility index (Phi) is 2.14. The van der Waals surface area contributed by atoms with Gasteiger partial charge in [-0.05, 0) is 38.7 Å². The van der Waals surface area contributed by atoms with Crippen molar-refractivity contribution in [2.45, 2.75) is 50.2 Å². The fourth-order valence-corrected chi connectivity index (χ4v) is 3.79. The highest BCUT2D eigenvalue weighted by Gasteiger charge is 2.47. The Balaban J connectivity index is 1.83. The van der Waals surface area contributed by atoms with E-state index in [4.69, 9.17) is 19.9 Å². The van der Waals surface area contributed by atoms with Gasteiger partial charge in [-0.3, -0.25) is 0 Å². The van der Waals surface area contributed by atoms with Crippen LogP contribution in [0.1, 0.15) is 44.6 Å². The molecule has 1 aliphatic carbocycles. The summed E-state index contributed by atoms with van der Waals surface area (Å²) < 4.78 is 17.2. The second-order valence-electron chi connectivity index (χ2n) is 6.29. The molecule has 102 valence electrons. The Labute approximate surface area is 112 Å². The molecule has 1 unspecified atom stereocenters. The van der Waals surface area contributed by atoms with Gasteiger partial charge < -0.3 is 19.9 Å². The van der Waals surface area contributed by atoms with Crippen LogP contribution in [0.4, 0.5) is 0 Å². The maximum atomic E-state index is 6.56. The van der Waals surface area contributed by atoms with Crippen molar-refractivity contribution in [1.82, 2.24) is 0 Å². The van der Waals surface area contributed by atoms with Crippen molar-refractivity contribution in [2.75, 3.05) is 6.79 Å². The summed E-state index contributed by atoms with van der Waals surface area (Å²) >= 11 is 0. The Morgan fingerprint density at radius 3 is 2.47 bits per heavy atom. The van der Waals surface area contributed by atoms with Gasteiger partial charge >= 0.3 is 0 Å². The topological polar surface area (TPSA) is 53.7 Å². The molecule has 1 aromatic rings. The lowest BCUT2D eigenvalue weighted by Crippen LogP contribution is -2.49. The predicted molar refractivity (Wildman–Crippen MR) is 70.5 cm³/mol. The number of fused-ring (bicyclic) bond motifs is 2. The molecule has 2 heterocycles. The van der Waals surface area contributed by atoms with Crippen molar-refractivity contribution in [1.29, 1.82) is 0 Å². The van der Waals surface area contributed by atoms with Crippen molar-refractivity contribution >= 4 is 0 Å². The second kappa shape index (κ2) is 3.57. The van der Waals surface area contributed by atoms with Gasteiger partial charge in [-0.1, -0.05) is 0 Å². The lowest BCUT2D eigenvalue weighted by atomic mass is 9.77. The molecule has 19 heavy (non-hydrogen) atoms. The average molecular weight is 261 g/mol. The first-order valence-corrected chi connectivity index (χ1v) is 7.00. The van der Waals surface area contributed by atoms with E-state index in [0.717, 1.165) is 42.1 Å². The van der Waals surface area contributed by atoms with E-state index in [2.05, 4.69) is 6.92 Å². The van der Waals surface area contributed by atoms with Crippen LogP contribution in [0.5, 0.6) is 17.2 Å². The number of benzene rings is 1. The Bertz CT molecular complexity index is 532. The maximum absolute atomic E-state index is 6.56. The van der Waals surface area contributed by atoms with Gasteiger partial charge in [0.1, 0.15) is 11.4 Å². The van der Waals surface area contributed by atoms with Crippen molar-refractivity contribution in [2.24, 2.45) is 5.73 Å². The summed E-state index contributed by atoms with van der Waals surface area (Å²) in [4.78, 5) is 0. The van der Waals surface area contributed by atoms with Crippen LogP contribution in [0.15, 0.2) is 12.1 Å². The molecule has 0 bridgehead atoms. The van der Waals surface area contributed by atoms with E-state index in [1.807, 2.05) is 12.1 Å². The molecule has 2 aliphatic heterocycles. The van der Waals surface area contributed by atoms with Crippen LogP contribution in [0, 0.1) is 0 Å². The van der Waals surface area contributed by atoms with Gasteiger partial charge in [0.25, 0.3) is 0 Å². The summed E-state index contributed by atoms with van der Waals surface area (Å²) in [6, 6.07) is 3.93. The molecule has 1 spiro atoms. The second-order valence-corrected chi connectivity index (χ2v) is 6.29. The lowest BCUT2D eigenvalue weighted by molar-refractivity contribution is 0.0222. The summed E-state index contributed by atoms with van der Waals surface area (Å²) in [6.45, 7) is 2.38. The number of ether oxygens (including phenoxy) is 3. The summed E-state index contributed by atoms with van der Waals surface area (Å²) in [5, 5.41) is 0. The highest BCUT2D eigenvalue weighted by atomic mass is 16.7. The van der Waals surface area contributed by atoms with E-state index >= 15 is 0 Å². The van der Waals surface area contributed by atoms with Crippen molar-refractivity contribution < 1.29 is 14.2 Å². The summed E-state index contributed by atoms with van der Waals surface area (Å²) in [5.74, 6) is 2.42. The normalized spacial score (nSPS) is 30.2. The molecule has 4 rings (SSSR count). The SMILES string of the molecule is CC1(N)CC2(CCCC2)Oc2cc3c(cc21)OCO3. The molecule has 0 aromatic heterocycles. The van der Waals surface area contributed by atoms with Gasteiger partial charge in [0.2, 0.25) is 6.79 Å². The van der Waals surface area contributed by atoms with E-state index in [9.17, 15) is 0 Å². The van der Waals surface area contributed by atoms with Gasteiger partial charge in [0.15, 0.2) is 11.5 Å². The van der Waals surface area contributed by atoms with Crippen LogP contribution in [0.25, 0.3) is 0 Å². The molecule has 0 saturated heterocycles. The molecule has 4 heteroatoms. The van der Waals surface area contributed by atoms with Gasteiger partial charge in [-0.15, -0.1) is 0 Å². The van der Waals surface area contributed by atoms with Gasteiger partial charge in [0, 0.05) is 23.6 Å². The Morgan fingerprint density at radius 2 is 1.74 bits per heavy atom. The Morgan fingerprint density at radius 1 is 1.05 bits per heavy atom. The minimum atomic E-state index is -0.362. The molecular weight excluding hydrogens is 242 g/mol. The standard InChI is InChI=1S/C15H19NO3/c1-14(16)8-15(4-2-3-5-15)19-11-7-13-12(6-10(11)14)17-9-18-13/h6-7H,2-5,8-9,16H2,1H3. The number of hydrogen-bond acceptors (Lipinski definition) is 4. The smallest absolute Gasteiger partial charge is 0.231 e. The predicted octanol–water partition coefficient (Wildman–Crippen LogP) is 2.68. The summed E-state index contributed by atoms with van der Waals surface area (Å²) in [6.07, 6.45) is 5.56. The van der Waals surface area contributed by atoms with Crippen molar-refractivity contribution in [3.8, 4) is 17.2 Å². The fourth-order valence-electron chi connectivity index (χ4n) is 3.79. The third kappa shape index (κ3) is 1.62. The van der Waals surface area contributed by atoms with E-state index in [0.29, 0.717) is 0 Å². The quantitative estimate of drug-likeness (QED) is 0.780. The van der Waals surface area contributed by atoms with E-state index < -0.39 is 0 Å². The van der Waals surface area contributed by atoms with Crippen LogP contribution >= 0.6 is 0 Å². The summed E-state index contributed by atoms with van der Waals surface area (Å²) in [7, 11) is 0. The van der Waals surface area contributed by atoms with Crippen LogP contribution in [-0.2, 0) is 5.54 Å². The zero-order valence-corrected chi connectivity index (χ0v) is 11.2. The minimum Gasteiger partial charge on any atom is -0.487 e. The van der Waals surface area contributed by atoms with Crippen LogP contribution < -0.4 is 19.9 Å². The first-order chi connectivity index (χ1) is 9.08. The summed E-state index contributed by atoms with van der Waals surface area (Å²) in [5.41, 5.74) is 7.17. The van der Waals surface area contributed by atoms with Gasteiger partial charge in [-0.25, -0.2) is 0 Å². The monoisotopic (exact) mass is 261 g/mol. The van der Waals surface area contributed by atoms with E-state index in [-0.39, 0.29) is 17.9 Å². The lowest BCUT2D eigenvalue weighted by Gasteiger charge is -2.44. The molecule has 1 saturated carbocycles. The molecule has 1 atom stereocenters. The zero-order valence-electron chi connectivity index (χ0n) is 11.2. The third-order valence-corrected chi connectivity index (χ3v) is 4.62. The highest BCUT2D eigenvalue weighted by molar-refractivity contribution is 5.55. The van der Waals surface area contributed by atoms with Crippen molar-refractivity contribution in [3.63, 3.8) is 0 Å². The molecule has 0 radical (unpaired) electrons. The van der Waals surface area contributed by atoms with Gasteiger partial charge in [0.05, 0.1) is 0 Å². The highest BCUT2D eigenvalue weighted by Crippen LogP contribution is 2.51. The molecule has 3 aliphatic rings. The van der Waals surface area contributed by atoms with Crippen LogP contribution in [-0.4, -0.2) is 12.4 Å². The first kappa shape index (κ1) is 11.4. The average Bonchev–Trinajstić information content (AvgIpc) is 2.95. The molecule has 0 amide bonds. The zero-order chi connectivity index (χ0) is 13.1. The first-order valence-electron chi connectivity index (χ1n) is 7.00. The minimum absolute atomic E-state index is 0.0653. The molecular formula is C15H19NO3. The maximum Gasteiger partial charge on any atom is 0.231 e. The molecule has 2 N–H and O–H groups in total. The Hall–Kier alpha value is -1.42. The van der Waals surface area contributed by atoms with Crippen molar-refractivity contribution in [3.05, 3.63) is 17.7 Å². The largest absolute Gasteiger partial charge is 0.487 e. The molecule has 1 aromatic carbocycles. The number of nitrogens with two attached hydrogens (primary N) is 1. The van der Waals surface area contributed by atoms with Gasteiger partial charge in [-0.2, -0.15) is 0 Å².